The van der Waals surface area contributed by atoms with Crippen LogP contribution in [0.2, 0.25) is 0 Å². The molecule has 0 N–H and O–H groups in total. The van der Waals surface area contributed by atoms with Crippen LogP contribution in [0.1, 0.15) is 38.5 Å². The smallest absolute Gasteiger partial charge is 0.224 e. The van der Waals surface area contributed by atoms with E-state index in [2.05, 4.69) is 17.5 Å². The third-order valence-electron chi connectivity index (χ3n) is 3.15. The molecule has 1 aliphatic carbocycles. The van der Waals surface area contributed by atoms with E-state index in [0.29, 0.717) is 18.4 Å². The fraction of sp³-hybridized carbons (Fsp3) is 0.900. The van der Waals surface area contributed by atoms with E-state index in [4.69, 9.17) is 0 Å². The Bertz CT molecular complexity index is 201. The Kier molecular flexibility index (Phi) is 2.82. The van der Waals surface area contributed by atoms with E-state index < -0.39 is 0 Å². The summed E-state index contributed by atoms with van der Waals surface area (Å²) in [6.45, 7) is 0.882. The van der Waals surface area contributed by atoms with Crippen LogP contribution in [0.5, 0.6) is 0 Å². The molecule has 2 fully saturated rings. The van der Waals surface area contributed by atoms with Crippen LogP contribution in [0, 0.1) is 0 Å². The van der Waals surface area contributed by atoms with Crippen LogP contribution < -0.4 is 0 Å². The number of hydrogen-bond donors (Lipinski definition) is 1. The molecule has 1 heterocycles. The van der Waals surface area contributed by atoms with E-state index in [9.17, 15) is 4.79 Å². The molecule has 0 aromatic heterocycles. The van der Waals surface area contributed by atoms with Crippen molar-refractivity contribution < 1.29 is 4.79 Å². The molecule has 0 aromatic carbocycles. The molecule has 2 aliphatic rings. The Labute approximate surface area is 85.1 Å². The first-order valence-electron chi connectivity index (χ1n) is 5.25. The predicted octanol–water partition coefficient (Wildman–Crippen LogP) is 1.85. The standard InChI is InChI=1S/C10H17NOS/c12-10-6-9(13)7-11(10)8-4-2-1-3-5-8/h8-9,13H,1-7H2. The number of thiol groups is 1. The number of carbonyl (C=O) groups is 1. The van der Waals surface area contributed by atoms with Crippen LogP contribution >= 0.6 is 12.6 Å². The van der Waals surface area contributed by atoms with Crippen LogP contribution in [0.25, 0.3) is 0 Å². The average molecular weight is 199 g/mol. The van der Waals surface area contributed by atoms with Gasteiger partial charge >= 0.3 is 0 Å². The summed E-state index contributed by atoms with van der Waals surface area (Å²) in [6.07, 6.45) is 7.03. The topological polar surface area (TPSA) is 20.3 Å². The molecular weight excluding hydrogens is 182 g/mol. The second kappa shape index (κ2) is 3.91. The summed E-state index contributed by atoms with van der Waals surface area (Å²) in [7, 11) is 0. The van der Waals surface area contributed by atoms with Gasteiger partial charge in [0.15, 0.2) is 0 Å². The van der Waals surface area contributed by atoms with Gasteiger partial charge in [-0.05, 0) is 12.8 Å². The largest absolute Gasteiger partial charge is 0.339 e. The molecule has 3 heteroatoms. The maximum absolute atomic E-state index is 11.6. The lowest BCUT2D eigenvalue weighted by Gasteiger charge is -2.31. The molecule has 1 atom stereocenters. The maximum atomic E-state index is 11.6. The third kappa shape index (κ3) is 2.01. The average Bonchev–Trinajstić information content (AvgIpc) is 2.47. The van der Waals surface area contributed by atoms with Crippen LogP contribution in [-0.4, -0.2) is 28.6 Å². The van der Waals surface area contributed by atoms with Crippen LogP contribution in [0.15, 0.2) is 0 Å². The molecule has 2 rings (SSSR count). The van der Waals surface area contributed by atoms with Crippen molar-refractivity contribution in [1.82, 2.24) is 4.90 Å². The lowest BCUT2D eigenvalue weighted by atomic mass is 9.94. The van der Waals surface area contributed by atoms with Crippen molar-refractivity contribution >= 4 is 18.5 Å². The number of likely N-dealkylation sites (tertiary alicyclic amines) is 1. The molecule has 1 saturated heterocycles. The van der Waals surface area contributed by atoms with Gasteiger partial charge in [0.25, 0.3) is 0 Å². The molecule has 0 aromatic rings. The summed E-state index contributed by atoms with van der Waals surface area (Å²) >= 11 is 4.37. The number of amides is 1. The van der Waals surface area contributed by atoms with Crippen molar-refractivity contribution in [1.29, 1.82) is 0 Å². The first kappa shape index (κ1) is 9.38. The van der Waals surface area contributed by atoms with Crippen LogP contribution in [-0.2, 0) is 4.79 Å². The highest BCUT2D eigenvalue weighted by atomic mass is 32.1. The fourth-order valence-corrected chi connectivity index (χ4v) is 2.79. The highest BCUT2D eigenvalue weighted by Gasteiger charge is 2.32. The van der Waals surface area contributed by atoms with Crippen molar-refractivity contribution in [2.75, 3.05) is 6.54 Å². The number of carbonyl (C=O) groups excluding carboxylic acids is 1. The van der Waals surface area contributed by atoms with Gasteiger partial charge in [-0.1, -0.05) is 19.3 Å². The number of rotatable bonds is 1. The van der Waals surface area contributed by atoms with Gasteiger partial charge in [0.05, 0.1) is 0 Å². The van der Waals surface area contributed by atoms with Crippen molar-refractivity contribution in [3.05, 3.63) is 0 Å². The van der Waals surface area contributed by atoms with Gasteiger partial charge in [0, 0.05) is 24.3 Å². The van der Waals surface area contributed by atoms with Crippen LogP contribution in [0.4, 0.5) is 0 Å². The van der Waals surface area contributed by atoms with Gasteiger partial charge < -0.3 is 4.90 Å². The Morgan fingerprint density at radius 3 is 2.46 bits per heavy atom. The molecule has 13 heavy (non-hydrogen) atoms. The van der Waals surface area contributed by atoms with E-state index in [-0.39, 0.29) is 5.25 Å². The summed E-state index contributed by atoms with van der Waals surface area (Å²) in [4.78, 5) is 13.6. The third-order valence-corrected chi connectivity index (χ3v) is 3.50. The highest BCUT2D eigenvalue weighted by molar-refractivity contribution is 7.81. The maximum Gasteiger partial charge on any atom is 0.224 e. The number of nitrogens with zero attached hydrogens (tertiary/aromatic N) is 1. The van der Waals surface area contributed by atoms with Crippen molar-refractivity contribution in [3.63, 3.8) is 0 Å². The molecule has 1 unspecified atom stereocenters. The molecule has 1 amide bonds. The normalized spacial score (nSPS) is 31.3. The Morgan fingerprint density at radius 2 is 1.92 bits per heavy atom. The summed E-state index contributed by atoms with van der Waals surface area (Å²) < 4.78 is 0. The molecule has 0 bridgehead atoms. The van der Waals surface area contributed by atoms with Crippen molar-refractivity contribution in [2.24, 2.45) is 0 Å². The highest BCUT2D eigenvalue weighted by Crippen LogP contribution is 2.27. The molecule has 2 nitrogen and oxygen atoms in total. The molecule has 0 spiro atoms. The monoisotopic (exact) mass is 199 g/mol. The SMILES string of the molecule is O=C1CC(S)CN1C1CCCCC1. The Morgan fingerprint density at radius 1 is 1.23 bits per heavy atom. The molecular formula is C10H17NOS. The van der Waals surface area contributed by atoms with Gasteiger partial charge in [-0.2, -0.15) is 12.6 Å². The number of hydrogen-bond acceptors (Lipinski definition) is 2. The summed E-state index contributed by atoms with van der Waals surface area (Å²) in [5.74, 6) is 0.326. The lowest BCUT2D eigenvalue weighted by Crippen LogP contribution is -2.37. The lowest BCUT2D eigenvalue weighted by molar-refractivity contribution is -0.130. The van der Waals surface area contributed by atoms with Gasteiger partial charge in [-0.15, -0.1) is 0 Å². The minimum Gasteiger partial charge on any atom is -0.339 e. The minimum atomic E-state index is 0.287. The fourth-order valence-electron chi connectivity index (χ4n) is 2.46. The van der Waals surface area contributed by atoms with Gasteiger partial charge in [-0.3, -0.25) is 4.79 Å². The van der Waals surface area contributed by atoms with Gasteiger partial charge in [0.2, 0.25) is 5.91 Å². The van der Waals surface area contributed by atoms with Crippen LogP contribution in [0.3, 0.4) is 0 Å². The molecule has 0 radical (unpaired) electrons. The summed E-state index contributed by atoms with van der Waals surface area (Å²) in [5, 5.41) is 0.287. The van der Waals surface area contributed by atoms with E-state index >= 15 is 0 Å². The molecule has 1 saturated carbocycles. The first-order chi connectivity index (χ1) is 6.27. The quantitative estimate of drug-likeness (QED) is 0.639. The second-order valence-electron chi connectivity index (χ2n) is 4.20. The van der Waals surface area contributed by atoms with E-state index in [1.807, 2.05) is 0 Å². The second-order valence-corrected chi connectivity index (χ2v) is 4.93. The minimum absolute atomic E-state index is 0.287. The molecule has 74 valence electrons. The van der Waals surface area contributed by atoms with E-state index in [0.717, 1.165) is 6.54 Å². The first-order valence-corrected chi connectivity index (χ1v) is 5.76. The molecule has 1 aliphatic heterocycles. The van der Waals surface area contributed by atoms with Crippen molar-refractivity contribution in [3.8, 4) is 0 Å². The summed E-state index contributed by atoms with van der Waals surface area (Å²) in [5.41, 5.74) is 0. The summed E-state index contributed by atoms with van der Waals surface area (Å²) in [6, 6.07) is 0.540. The Balaban J connectivity index is 1.95. The zero-order valence-corrected chi connectivity index (χ0v) is 8.80. The predicted molar refractivity (Wildman–Crippen MR) is 56.0 cm³/mol. The zero-order chi connectivity index (χ0) is 9.26. The van der Waals surface area contributed by atoms with E-state index in [1.54, 1.807) is 0 Å². The van der Waals surface area contributed by atoms with Crippen molar-refractivity contribution in [2.45, 2.75) is 49.8 Å². The Hall–Kier alpha value is -0.180. The van der Waals surface area contributed by atoms with Gasteiger partial charge in [0.1, 0.15) is 0 Å². The zero-order valence-electron chi connectivity index (χ0n) is 7.91. The van der Waals surface area contributed by atoms with Gasteiger partial charge in [-0.25, -0.2) is 0 Å². The van der Waals surface area contributed by atoms with E-state index in [1.165, 1.54) is 32.1 Å².